The fraction of sp³-hybridized carbons (Fsp3) is 0.222. The number of rotatable bonds is 7. The monoisotopic (exact) mass is 571 g/mol. The van der Waals surface area contributed by atoms with Crippen LogP contribution in [0, 0.1) is 6.92 Å². The van der Waals surface area contributed by atoms with Crippen LogP contribution in [0.15, 0.2) is 73.3 Å². The first-order valence-electron chi connectivity index (χ1n) is 12.1. The summed E-state index contributed by atoms with van der Waals surface area (Å²) in [6, 6.07) is 11.0. The number of halogens is 3. The molecule has 0 saturated carbocycles. The highest BCUT2D eigenvalue weighted by Gasteiger charge is 2.35. The molecule has 0 aliphatic carbocycles. The van der Waals surface area contributed by atoms with Gasteiger partial charge in [0.2, 0.25) is 10.0 Å². The molecule has 1 N–H and O–H groups in total. The highest BCUT2D eigenvalue weighted by atomic mass is 32.2. The van der Waals surface area contributed by atoms with Crippen LogP contribution in [0.5, 0.6) is 5.75 Å². The van der Waals surface area contributed by atoms with Crippen molar-refractivity contribution in [3.8, 4) is 22.6 Å². The summed E-state index contributed by atoms with van der Waals surface area (Å²) >= 11 is 0. The van der Waals surface area contributed by atoms with E-state index in [2.05, 4.69) is 15.4 Å². The number of sulfonamides is 1. The molecule has 1 amide bonds. The number of aryl methyl sites for hydroxylation is 1. The minimum atomic E-state index is -4.56. The smallest absolute Gasteiger partial charge is 0.416 e. The van der Waals surface area contributed by atoms with Crippen molar-refractivity contribution in [1.82, 2.24) is 19.1 Å². The summed E-state index contributed by atoms with van der Waals surface area (Å²) in [5, 5.41) is 7.09. The second kappa shape index (κ2) is 10.4. The maximum Gasteiger partial charge on any atom is 0.416 e. The number of anilines is 1. The maximum absolute atomic E-state index is 13.1. The molecule has 9 nitrogen and oxygen atoms in total. The highest BCUT2D eigenvalue weighted by molar-refractivity contribution is 7.88. The Morgan fingerprint density at radius 3 is 2.60 bits per heavy atom. The lowest BCUT2D eigenvalue weighted by Gasteiger charge is -2.37. The number of carbonyl (C=O) groups excluding carboxylic acids is 1. The number of carbonyl (C=O) groups is 1. The third kappa shape index (κ3) is 5.84. The zero-order valence-corrected chi connectivity index (χ0v) is 22.2. The molecule has 1 aliphatic rings. The van der Waals surface area contributed by atoms with Crippen LogP contribution in [-0.2, 0) is 16.2 Å². The van der Waals surface area contributed by atoms with E-state index >= 15 is 0 Å². The molecule has 2 aromatic heterocycles. The van der Waals surface area contributed by atoms with Crippen LogP contribution in [0.4, 0.5) is 18.9 Å². The van der Waals surface area contributed by atoms with E-state index in [1.807, 2.05) is 6.92 Å². The van der Waals surface area contributed by atoms with Gasteiger partial charge in [0.1, 0.15) is 11.9 Å². The fourth-order valence-electron chi connectivity index (χ4n) is 4.19. The average molecular weight is 572 g/mol. The summed E-state index contributed by atoms with van der Waals surface area (Å²) in [5.74, 6) is -0.142. The minimum absolute atomic E-state index is 0.117. The largest absolute Gasteiger partial charge is 0.487 e. The molecule has 0 spiro atoms. The van der Waals surface area contributed by atoms with Gasteiger partial charge in [-0.25, -0.2) is 13.1 Å². The van der Waals surface area contributed by atoms with E-state index in [0.29, 0.717) is 28.3 Å². The standard InChI is InChI=1S/C27H24F3N5O4S/c1-17-6-7-21(33-26(36)18-4-3-5-20(10-18)27(28,29)30)11-24(17)35-14-19(12-32-35)23-13-31-9-8-25(23)39-22-15-34(16-22)40(2,37)38/h3-14,22H,15-16H2,1-2H3,(H,33,36). The van der Waals surface area contributed by atoms with E-state index in [4.69, 9.17) is 4.74 Å². The summed E-state index contributed by atoms with van der Waals surface area (Å²) in [6.07, 6.45) is 2.90. The average Bonchev–Trinajstić information content (AvgIpc) is 3.36. The lowest BCUT2D eigenvalue weighted by molar-refractivity contribution is -0.137. The van der Waals surface area contributed by atoms with Gasteiger partial charge in [0, 0.05) is 41.0 Å². The molecule has 0 bridgehead atoms. The Labute approximate surface area is 228 Å². The van der Waals surface area contributed by atoms with Crippen molar-refractivity contribution in [3.05, 3.63) is 90.0 Å². The molecule has 0 radical (unpaired) electrons. The van der Waals surface area contributed by atoms with Gasteiger partial charge < -0.3 is 10.1 Å². The summed E-state index contributed by atoms with van der Waals surface area (Å²) in [7, 11) is -3.26. The lowest BCUT2D eigenvalue weighted by Crippen LogP contribution is -2.55. The quantitative estimate of drug-likeness (QED) is 0.349. The number of hydrogen-bond acceptors (Lipinski definition) is 6. The summed E-state index contributed by atoms with van der Waals surface area (Å²) in [6.45, 7) is 2.38. The van der Waals surface area contributed by atoms with Crippen molar-refractivity contribution >= 4 is 21.6 Å². The molecule has 5 rings (SSSR count). The van der Waals surface area contributed by atoms with E-state index in [1.54, 1.807) is 53.7 Å². The van der Waals surface area contributed by atoms with Crippen molar-refractivity contribution in [2.75, 3.05) is 24.7 Å². The van der Waals surface area contributed by atoms with Crippen molar-refractivity contribution < 1.29 is 31.1 Å². The number of pyridine rings is 1. The molecule has 1 fully saturated rings. The Kier molecular flexibility index (Phi) is 7.10. The minimum Gasteiger partial charge on any atom is -0.487 e. The fourth-order valence-corrected chi connectivity index (χ4v) is 5.07. The van der Waals surface area contributed by atoms with Gasteiger partial charge in [-0.1, -0.05) is 12.1 Å². The number of nitrogens with one attached hydrogen (secondary N) is 1. The topological polar surface area (TPSA) is 106 Å². The predicted octanol–water partition coefficient (Wildman–Crippen LogP) is 4.54. The molecule has 1 aliphatic heterocycles. The van der Waals surface area contributed by atoms with Gasteiger partial charge in [0.05, 0.1) is 36.8 Å². The van der Waals surface area contributed by atoms with Gasteiger partial charge in [0.15, 0.2) is 0 Å². The van der Waals surface area contributed by atoms with Gasteiger partial charge in [-0.15, -0.1) is 0 Å². The Morgan fingerprint density at radius 1 is 1.10 bits per heavy atom. The molecule has 0 unspecified atom stereocenters. The van der Waals surface area contributed by atoms with Gasteiger partial charge in [-0.3, -0.25) is 9.78 Å². The third-order valence-corrected chi connectivity index (χ3v) is 7.65. The van der Waals surface area contributed by atoms with Crippen molar-refractivity contribution in [2.45, 2.75) is 19.2 Å². The molecule has 3 heterocycles. The summed E-state index contributed by atoms with van der Waals surface area (Å²) in [5.41, 5.74) is 2.20. The number of amides is 1. The SMILES string of the molecule is Cc1ccc(NC(=O)c2cccc(C(F)(F)F)c2)cc1-n1cc(-c2cnccc2OC2CN(S(C)(=O)=O)C2)cn1. The van der Waals surface area contributed by atoms with E-state index < -0.39 is 27.7 Å². The molecule has 0 atom stereocenters. The second-order valence-corrected chi connectivity index (χ2v) is 11.4. The Bertz CT molecular complexity index is 1680. The first-order chi connectivity index (χ1) is 18.9. The van der Waals surface area contributed by atoms with Gasteiger partial charge >= 0.3 is 6.18 Å². The van der Waals surface area contributed by atoms with Crippen LogP contribution in [0.2, 0.25) is 0 Å². The van der Waals surface area contributed by atoms with Crippen LogP contribution in [-0.4, -0.2) is 58.8 Å². The first-order valence-corrected chi connectivity index (χ1v) is 13.9. The van der Waals surface area contributed by atoms with E-state index in [1.165, 1.54) is 16.4 Å². The molecule has 2 aromatic carbocycles. The molecule has 13 heteroatoms. The van der Waals surface area contributed by atoms with Gasteiger partial charge in [0.25, 0.3) is 5.91 Å². The van der Waals surface area contributed by atoms with Crippen LogP contribution in [0.25, 0.3) is 16.8 Å². The molecule has 40 heavy (non-hydrogen) atoms. The van der Waals surface area contributed by atoms with Crippen LogP contribution in [0.3, 0.4) is 0 Å². The van der Waals surface area contributed by atoms with Crippen LogP contribution >= 0.6 is 0 Å². The number of ether oxygens (including phenoxy) is 1. The normalized spacial score (nSPS) is 14.5. The van der Waals surface area contributed by atoms with Crippen LogP contribution in [0.1, 0.15) is 21.5 Å². The van der Waals surface area contributed by atoms with Crippen LogP contribution < -0.4 is 10.1 Å². The van der Waals surface area contributed by atoms with Gasteiger partial charge in [-0.2, -0.15) is 22.6 Å². The molecular formula is C27H24F3N5O4S. The zero-order valence-electron chi connectivity index (χ0n) is 21.4. The number of benzene rings is 2. The Balaban J connectivity index is 1.35. The van der Waals surface area contributed by atoms with E-state index in [9.17, 15) is 26.4 Å². The number of hydrogen-bond donors (Lipinski definition) is 1. The molecule has 208 valence electrons. The summed E-state index contributed by atoms with van der Waals surface area (Å²) < 4.78 is 71.5. The Morgan fingerprint density at radius 2 is 1.88 bits per heavy atom. The van der Waals surface area contributed by atoms with E-state index in [-0.39, 0.29) is 24.8 Å². The molecule has 4 aromatic rings. The van der Waals surface area contributed by atoms with Crippen molar-refractivity contribution in [3.63, 3.8) is 0 Å². The van der Waals surface area contributed by atoms with Crippen molar-refractivity contribution in [1.29, 1.82) is 0 Å². The highest BCUT2D eigenvalue weighted by Crippen LogP contribution is 2.33. The predicted molar refractivity (Wildman–Crippen MR) is 142 cm³/mol. The summed E-state index contributed by atoms with van der Waals surface area (Å²) in [4.78, 5) is 16.9. The van der Waals surface area contributed by atoms with Crippen molar-refractivity contribution in [2.24, 2.45) is 0 Å². The molecular weight excluding hydrogens is 547 g/mol. The van der Waals surface area contributed by atoms with Gasteiger partial charge in [-0.05, 0) is 48.9 Å². The maximum atomic E-state index is 13.1. The number of nitrogens with zero attached hydrogens (tertiary/aromatic N) is 4. The lowest BCUT2D eigenvalue weighted by atomic mass is 10.1. The number of aromatic nitrogens is 3. The van der Waals surface area contributed by atoms with E-state index in [0.717, 1.165) is 24.0 Å². The molecule has 1 saturated heterocycles. The Hall–Kier alpha value is -4.23. The first kappa shape index (κ1) is 27.3. The number of alkyl halides is 3. The third-order valence-electron chi connectivity index (χ3n) is 6.42. The zero-order chi connectivity index (χ0) is 28.7. The second-order valence-electron chi connectivity index (χ2n) is 9.40.